The van der Waals surface area contributed by atoms with Crippen LogP contribution >= 0.6 is 44.3 Å². The van der Waals surface area contributed by atoms with Gasteiger partial charge in [-0.3, -0.25) is 0 Å². The molecule has 0 fully saturated rings. The number of phenols is 1. The van der Waals surface area contributed by atoms with Crippen molar-refractivity contribution in [2.24, 2.45) is 5.73 Å². The summed E-state index contributed by atoms with van der Waals surface area (Å²) in [6.45, 7) is -0.198. The van der Waals surface area contributed by atoms with E-state index in [-0.39, 0.29) is 24.8 Å². The third-order valence-corrected chi connectivity index (χ3v) is 2.72. The molecule has 3 nitrogen and oxygen atoms in total. The Morgan fingerprint density at radius 2 is 1.93 bits per heavy atom. The van der Waals surface area contributed by atoms with E-state index in [9.17, 15) is 5.11 Å². The number of hydrogen-bond donors (Lipinski definition) is 3. The van der Waals surface area contributed by atoms with Crippen LogP contribution in [0.3, 0.4) is 0 Å². The van der Waals surface area contributed by atoms with E-state index in [2.05, 4.69) is 31.9 Å². The molecule has 1 aromatic rings. The van der Waals surface area contributed by atoms with Crippen LogP contribution in [0.2, 0.25) is 0 Å². The predicted octanol–water partition coefficient (Wildman–Crippen LogP) is 2.33. The average Bonchev–Trinajstić information content (AvgIpc) is 2.10. The molecule has 0 aliphatic rings. The Balaban J connectivity index is 0.00000169. The Morgan fingerprint density at radius 1 is 1.36 bits per heavy atom. The van der Waals surface area contributed by atoms with Gasteiger partial charge in [-0.25, -0.2) is 0 Å². The first kappa shape index (κ1) is 14.2. The molecule has 0 amide bonds. The first-order valence-electron chi connectivity index (χ1n) is 3.60. The Bertz CT molecular complexity index is 322. The van der Waals surface area contributed by atoms with Crippen LogP contribution in [0.4, 0.5) is 0 Å². The molecule has 80 valence electrons. The zero-order valence-electron chi connectivity index (χ0n) is 7.08. The van der Waals surface area contributed by atoms with Gasteiger partial charge in [-0.15, -0.1) is 12.4 Å². The minimum atomic E-state index is -0.561. The topological polar surface area (TPSA) is 66.5 Å². The maximum atomic E-state index is 9.56. The summed E-state index contributed by atoms with van der Waals surface area (Å²) in [5, 5.41) is 18.4. The standard InChI is InChI=1S/C8H9Br2NO2.ClH/c9-4-1-5(7(11)3-12)8(13)6(10)2-4;/h1-2,7,12-13H,3,11H2;1H/t7-;/m0./s1. The minimum Gasteiger partial charge on any atom is -0.506 e. The maximum Gasteiger partial charge on any atom is 0.134 e. The smallest absolute Gasteiger partial charge is 0.134 e. The molecule has 0 bridgehead atoms. The van der Waals surface area contributed by atoms with Crippen LogP contribution in [0.1, 0.15) is 11.6 Å². The van der Waals surface area contributed by atoms with Gasteiger partial charge in [-0.05, 0) is 28.1 Å². The fraction of sp³-hybridized carbons (Fsp3) is 0.250. The van der Waals surface area contributed by atoms with E-state index in [0.29, 0.717) is 10.0 Å². The summed E-state index contributed by atoms with van der Waals surface area (Å²) in [6, 6.07) is 2.83. The quantitative estimate of drug-likeness (QED) is 0.769. The molecule has 0 heterocycles. The molecule has 0 aliphatic carbocycles. The van der Waals surface area contributed by atoms with Crippen LogP contribution < -0.4 is 5.73 Å². The van der Waals surface area contributed by atoms with Gasteiger partial charge in [-0.1, -0.05) is 15.9 Å². The van der Waals surface area contributed by atoms with Crippen molar-refractivity contribution in [2.45, 2.75) is 6.04 Å². The molecule has 0 saturated carbocycles. The second-order valence-electron chi connectivity index (χ2n) is 2.61. The van der Waals surface area contributed by atoms with Crippen molar-refractivity contribution in [3.05, 3.63) is 26.6 Å². The lowest BCUT2D eigenvalue weighted by molar-refractivity contribution is 0.265. The lowest BCUT2D eigenvalue weighted by atomic mass is 10.1. The molecule has 1 aromatic carbocycles. The van der Waals surface area contributed by atoms with Gasteiger partial charge in [0.15, 0.2) is 0 Å². The second kappa shape index (κ2) is 5.92. The molecule has 0 aliphatic heterocycles. The highest BCUT2D eigenvalue weighted by molar-refractivity contribution is 9.11. The van der Waals surface area contributed by atoms with Crippen molar-refractivity contribution in [1.29, 1.82) is 0 Å². The summed E-state index contributed by atoms with van der Waals surface area (Å²) in [7, 11) is 0. The molecule has 1 rings (SSSR count). The third-order valence-electron chi connectivity index (χ3n) is 1.65. The SMILES string of the molecule is Cl.N[C@@H](CO)c1cc(Br)cc(Br)c1O. The van der Waals surface area contributed by atoms with Crippen LogP contribution in [0, 0.1) is 0 Å². The summed E-state index contributed by atoms with van der Waals surface area (Å²) in [5.74, 6) is 0.0738. The molecule has 0 aromatic heterocycles. The lowest BCUT2D eigenvalue weighted by Crippen LogP contribution is -2.14. The van der Waals surface area contributed by atoms with Crippen LogP contribution in [0.15, 0.2) is 21.1 Å². The molecule has 14 heavy (non-hydrogen) atoms. The number of aliphatic hydroxyl groups is 1. The van der Waals surface area contributed by atoms with Crippen LogP contribution in [-0.4, -0.2) is 16.8 Å². The fourth-order valence-corrected chi connectivity index (χ4v) is 2.23. The zero-order valence-corrected chi connectivity index (χ0v) is 11.1. The zero-order chi connectivity index (χ0) is 10.0. The first-order chi connectivity index (χ1) is 6.06. The van der Waals surface area contributed by atoms with Gasteiger partial charge in [0.25, 0.3) is 0 Å². The minimum absolute atomic E-state index is 0. The number of phenolic OH excluding ortho intramolecular Hbond substituents is 1. The third kappa shape index (κ3) is 3.10. The highest BCUT2D eigenvalue weighted by Crippen LogP contribution is 2.34. The summed E-state index contributed by atoms with van der Waals surface area (Å²) >= 11 is 6.44. The highest BCUT2D eigenvalue weighted by atomic mass is 79.9. The summed E-state index contributed by atoms with van der Waals surface area (Å²) in [6.07, 6.45) is 0. The molecule has 6 heteroatoms. The van der Waals surface area contributed by atoms with Gasteiger partial charge in [0, 0.05) is 10.0 Å². The van der Waals surface area contributed by atoms with Crippen molar-refractivity contribution in [3.8, 4) is 5.75 Å². The Morgan fingerprint density at radius 3 is 2.43 bits per heavy atom. The number of benzene rings is 1. The lowest BCUT2D eigenvalue weighted by Gasteiger charge is -2.12. The van der Waals surface area contributed by atoms with Crippen LogP contribution in [-0.2, 0) is 0 Å². The van der Waals surface area contributed by atoms with Crippen molar-refractivity contribution < 1.29 is 10.2 Å². The molecule has 0 radical (unpaired) electrons. The summed E-state index contributed by atoms with van der Waals surface area (Å²) < 4.78 is 1.36. The molecular weight excluding hydrogens is 337 g/mol. The molecule has 0 spiro atoms. The number of halogens is 3. The normalized spacial score (nSPS) is 12.0. The number of nitrogens with two attached hydrogens (primary N) is 1. The molecule has 0 saturated heterocycles. The largest absolute Gasteiger partial charge is 0.506 e. The van der Waals surface area contributed by atoms with Crippen LogP contribution in [0.5, 0.6) is 5.75 Å². The number of aromatic hydroxyl groups is 1. The van der Waals surface area contributed by atoms with E-state index >= 15 is 0 Å². The van der Waals surface area contributed by atoms with E-state index in [1.165, 1.54) is 0 Å². The van der Waals surface area contributed by atoms with Crippen LogP contribution in [0.25, 0.3) is 0 Å². The Labute approximate surface area is 105 Å². The van der Waals surface area contributed by atoms with Gasteiger partial charge < -0.3 is 15.9 Å². The van der Waals surface area contributed by atoms with E-state index in [0.717, 1.165) is 4.47 Å². The van der Waals surface area contributed by atoms with E-state index in [1.54, 1.807) is 12.1 Å². The number of hydrogen-bond acceptors (Lipinski definition) is 3. The van der Waals surface area contributed by atoms with E-state index in [4.69, 9.17) is 10.8 Å². The average molecular weight is 347 g/mol. The maximum absolute atomic E-state index is 9.56. The number of aliphatic hydroxyl groups excluding tert-OH is 1. The highest BCUT2D eigenvalue weighted by Gasteiger charge is 2.13. The molecular formula is C8H10Br2ClNO2. The van der Waals surface area contributed by atoms with Gasteiger partial charge in [0.1, 0.15) is 5.75 Å². The Kier molecular flexibility index (Phi) is 6.00. The second-order valence-corrected chi connectivity index (χ2v) is 4.38. The van der Waals surface area contributed by atoms with Crippen molar-refractivity contribution in [2.75, 3.05) is 6.61 Å². The van der Waals surface area contributed by atoms with Gasteiger partial charge in [0.05, 0.1) is 17.1 Å². The van der Waals surface area contributed by atoms with E-state index in [1.807, 2.05) is 0 Å². The molecule has 1 atom stereocenters. The van der Waals surface area contributed by atoms with Crippen molar-refractivity contribution in [3.63, 3.8) is 0 Å². The van der Waals surface area contributed by atoms with Gasteiger partial charge >= 0.3 is 0 Å². The molecule has 0 unspecified atom stereocenters. The van der Waals surface area contributed by atoms with Gasteiger partial charge in [-0.2, -0.15) is 0 Å². The molecule has 4 N–H and O–H groups in total. The summed E-state index contributed by atoms with van der Waals surface area (Å²) in [5.41, 5.74) is 6.10. The predicted molar refractivity (Wildman–Crippen MR) is 64.8 cm³/mol. The summed E-state index contributed by atoms with van der Waals surface area (Å²) in [4.78, 5) is 0. The van der Waals surface area contributed by atoms with Crippen molar-refractivity contribution in [1.82, 2.24) is 0 Å². The first-order valence-corrected chi connectivity index (χ1v) is 5.19. The Hall–Kier alpha value is 0.190. The number of rotatable bonds is 2. The van der Waals surface area contributed by atoms with E-state index < -0.39 is 6.04 Å². The van der Waals surface area contributed by atoms with Crippen molar-refractivity contribution >= 4 is 44.3 Å². The van der Waals surface area contributed by atoms with Gasteiger partial charge in [0.2, 0.25) is 0 Å². The monoisotopic (exact) mass is 345 g/mol. The fourth-order valence-electron chi connectivity index (χ4n) is 0.967.